The molecule has 0 amide bonds. The van der Waals surface area contributed by atoms with Crippen molar-refractivity contribution in [2.45, 2.75) is 13.5 Å². The molecule has 1 aromatic heterocycles. The van der Waals surface area contributed by atoms with Crippen LogP contribution in [0.1, 0.15) is 5.82 Å². The molecule has 0 aliphatic heterocycles. The summed E-state index contributed by atoms with van der Waals surface area (Å²) in [6, 6.07) is 8.19. The number of halogens is 1. The summed E-state index contributed by atoms with van der Waals surface area (Å²) in [5.74, 6) is 1.81. The van der Waals surface area contributed by atoms with Crippen molar-refractivity contribution >= 4 is 41.0 Å². The molecule has 1 heterocycles. The summed E-state index contributed by atoms with van der Waals surface area (Å²) in [4.78, 5) is 8.74. The zero-order valence-electron chi connectivity index (χ0n) is 13.3. The largest absolute Gasteiger partial charge is 0.383 e. The Bertz CT molecular complexity index is 611. The van der Waals surface area contributed by atoms with Crippen molar-refractivity contribution in [2.24, 2.45) is 4.99 Å². The Morgan fingerprint density at radius 1 is 1.27 bits per heavy atom. The van der Waals surface area contributed by atoms with Gasteiger partial charge in [-0.15, -0.1) is 24.0 Å². The predicted octanol–water partition coefficient (Wildman–Crippen LogP) is 1.77. The molecule has 7 heteroatoms. The highest BCUT2D eigenvalue weighted by molar-refractivity contribution is 14.0. The van der Waals surface area contributed by atoms with Crippen molar-refractivity contribution in [1.82, 2.24) is 20.2 Å². The second-order valence-electron chi connectivity index (χ2n) is 4.72. The van der Waals surface area contributed by atoms with Gasteiger partial charge in [-0.25, -0.2) is 4.98 Å². The Kier molecular flexibility index (Phi) is 8.18. The van der Waals surface area contributed by atoms with E-state index in [0.29, 0.717) is 6.61 Å². The SMILES string of the molecule is CN=C(NCCOC)NCCn1c(C)nc2ccccc21.I. The van der Waals surface area contributed by atoms with Crippen LogP contribution in [0.5, 0.6) is 0 Å². The predicted molar refractivity (Wildman–Crippen MR) is 101 cm³/mol. The van der Waals surface area contributed by atoms with E-state index in [1.54, 1.807) is 14.2 Å². The first-order valence-corrected chi connectivity index (χ1v) is 7.11. The number of ether oxygens (including phenoxy) is 1. The van der Waals surface area contributed by atoms with Crippen LogP contribution in [0, 0.1) is 6.92 Å². The number of nitrogens with one attached hydrogen (secondary N) is 2. The van der Waals surface area contributed by atoms with E-state index in [4.69, 9.17) is 4.74 Å². The fraction of sp³-hybridized carbons (Fsp3) is 0.467. The van der Waals surface area contributed by atoms with Gasteiger partial charge in [0.15, 0.2) is 5.96 Å². The molecule has 0 saturated carbocycles. The zero-order valence-corrected chi connectivity index (χ0v) is 15.6. The third kappa shape index (κ3) is 4.84. The van der Waals surface area contributed by atoms with Crippen molar-refractivity contribution < 1.29 is 4.74 Å². The molecule has 6 nitrogen and oxygen atoms in total. The molecule has 2 N–H and O–H groups in total. The van der Waals surface area contributed by atoms with Gasteiger partial charge in [-0.2, -0.15) is 0 Å². The number of hydrogen-bond donors (Lipinski definition) is 2. The summed E-state index contributed by atoms with van der Waals surface area (Å²) < 4.78 is 7.22. The van der Waals surface area contributed by atoms with Crippen LogP contribution in [-0.4, -0.2) is 49.4 Å². The average Bonchev–Trinajstić information content (AvgIpc) is 2.82. The molecule has 0 fully saturated rings. The number of nitrogens with zero attached hydrogens (tertiary/aromatic N) is 3. The first-order chi connectivity index (χ1) is 10.3. The molecular weight excluding hydrogens is 393 g/mol. The molecule has 1 aromatic carbocycles. The van der Waals surface area contributed by atoms with Gasteiger partial charge >= 0.3 is 0 Å². The first kappa shape index (κ1) is 18.7. The molecule has 0 aliphatic rings. The highest BCUT2D eigenvalue weighted by atomic mass is 127. The molecule has 0 atom stereocenters. The van der Waals surface area contributed by atoms with E-state index < -0.39 is 0 Å². The van der Waals surface area contributed by atoms with Crippen molar-refractivity contribution in [3.63, 3.8) is 0 Å². The number of aromatic nitrogens is 2. The average molecular weight is 417 g/mol. The summed E-state index contributed by atoms with van der Waals surface area (Å²) in [6.45, 7) is 5.06. The molecule has 2 rings (SSSR count). The van der Waals surface area contributed by atoms with E-state index in [2.05, 4.69) is 31.2 Å². The lowest BCUT2D eigenvalue weighted by molar-refractivity contribution is 0.203. The van der Waals surface area contributed by atoms with Crippen molar-refractivity contribution in [1.29, 1.82) is 0 Å². The molecule has 0 aliphatic carbocycles. The van der Waals surface area contributed by atoms with Gasteiger partial charge in [-0.05, 0) is 19.1 Å². The maximum absolute atomic E-state index is 5.01. The van der Waals surface area contributed by atoms with Gasteiger partial charge in [0.25, 0.3) is 0 Å². The van der Waals surface area contributed by atoms with Gasteiger partial charge in [0, 0.05) is 33.8 Å². The summed E-state index contributed by atoms with van der Waals surface area (Å²) in [5, 5.41) is 6.48. The van der Waals surface area contributed by atoms with Crippen LogP contribution in [-0.2, 0) is 11.3 Å². The number of methoxy groups -OCH3 is 1. The van der Waals surface area contributed by atoms with Gasteiger partial charge in [0.05, 0.1) is 17.6 Å². The zero-order chi connectivity index (χ0) is 15.1. The lowest BCUT2D eigenvalue weighted by Crippen LogP contribution is -2.40. The minimum absolute atomic E-state index is 0. The molecule has 0 unspecified atom stereocenters. The quantitative estimate of drug-likeness (QED) is 0.326. The van der Waals surface area contributed by atoms with Crippen LogP contribution < -0.4 is 10.6 Å². The minimum Gasteiger partial charge on any atom is -0.383 e. The molecule has 122 valence electrons. The highest BCUT2D eigenvalue weighted by Gasteiger charge is 2.06. The van der Waals surface area contributed by atoms with Crippen molar-refractivity contribution in [2.75, 3.05) is 33.9 Å². The van der Waals surface area contributed by atoms with E-state index in [1.165, 1.54) is 5.52 Å². The number of aryl methyl sites for hydroxylation is 1. The van der Waals surface area contributed by atoms with E-state index in [0.717, 1.165) is 36.9 Å². The molecule has 0 spiro atoms. The maximum Gasteiger partial charge on any atom is 0.191 e. The van der Waals surface area contributed by atoms with E-state index >= 15 is 0 Å². The second-order valence-corrected chi connectivity index (χ2v) is 4.72. The van der Waals surface area contributed by atoms with E-state index in [-0.39, 0.29) is 24.0 Å². The molecule has 0 saturated heterocycles. The van der Waals surface area contributed by atoms with Crippen LogP contribution in [0.4, 0.5) is 0 Å². The number of hydrogen-bond acceptors (Lipinski definition) is 3. The smallest absolute Gasteiger partial charge is 0.191 e. The van der Waals surface area contributed by atoms with Gasteiger partial charge < -0.3 is 19.9 Å². The summed E-state index contributed by atoms with van der Waals surface area (Å²) in [7, 11) is 3.45. The fourth-order valence-corrected chi connectivity index (χ4v) is 2.26. The Morgan fingerprint density at radius 2 is 2.00 bits per heavy atom. The number of fused-ring (bicyclic) bond motifs is 1. The summed E-state index contributed by atoms with van der Waals surface area (Å²) >= 11 is 0. The fourth-order valence-electron chi connectivity index (χ4n) is 2.26. The van der Waals surface area contributed by atoms with Gasteiger partial charge in [-0.3, -0.25) is 4.99 Å². The van der Waals surface area contributed by atoms with E-state index in [1.807, 2.05) is 25.1 Å². The van der Waals surface area contributed by atoms with Crippen LogP contribution in [0.2, 0.25) is 0 Å². The van der Waals surface area contributed by atoms with Crippen molar-refractivity contribution in [3.05, 3.63) is 30.1 Å². The molecule has 2 aromatic rings. The standard InChI is InChI=1S/C15H23N5O.HI/c1-12-19-13-6-4-5-7-14(13)20(12)10-8-17-15(16-2)18-9-11-21-3;/h4-7H,8-11H2,1-3H3,(H2,16,17,18);1H. The topological polar surface area (TPSA) is 63.5 Å². The number of aliphatic imine (C=N–C) groups is 1. The third-order valence-electron chi connectivity index (χ3n) is 3.30. The lowest BCUT2D eigenvalue weighted by Gasteiger charge is -2.12. The van der Waals surface area contributed by atoms with Crippen LogP contribution in [0.3, 0.4) is 0 Å². The monoisotopic (exact) mass is 417 g/mol. The Balaban J connectivity index is 0.00000242. The highest BCUT2D eigenvalue weighted by Crippen LogP contribution is 2.14. The summed E-state index contributed by atoms with van der Waals surface area (Å²) in [6.07, 6.45) is 0. The molecule has 22 heavy (non-hydrogen) atoms. The second kappa shape index (κ2) is 9.62. The Hall–Kier alpha value is -1.35. The molecular formula is C15H24IN5O. The minimum atomic E-state index is 0. The molecule has 0 bridgehead atoms. The van der Waals surface area contributed by atoms with Gasteiger partial charge in [0.2, 0.25) is 0 Å². The first-order valence-electron chi connectivity index (χ1n) is 7.11. The summed E-state index contributed by atoms with van der Waals surface area (Å²) in [5.41, 5.74) is 2.21. The third-order valence-corrected chi connectivity index (χ3v) is 3.30. The van der Waals surface area contributed by atoms with Crippen LogP contribution in [0.15, 0.2) is 29.3 Å². The van der Waals surface area contributed by atoms with Gasteiger partial charge in [-0.1, -0.05) is 12.1 Å². The number of guanidine groups is 1. The lowest BCUT2D eigenvalue weighted by atomic mass is 10.3. The van der Waals surface area contributed by atoms with E-state index in [9.17, 15) is 0 Å². The van der Waals surface area contributed by atoms with Crippen LogP contribution in [0.25, 0.3) is 11.0 Å². The van der Waals surface area contributed by atoms with Crippen molar-refractivity contribution in [3.8, 4) is 0 Å². The molecule has 0 radical (unpaired) electrons. The number of para-hydroxylation sites is 2. The normalized spacial score (nSPS) is 11.3. The Morgan fingerprint density at radius 3 is 2.73 bits per heavy atom. The van der Waals surface area contributed by atoms with Gasteiger partial charge in [0.1, 0.15) is 5.82 Å². The number of imidazole rings is 1. The Labute approximate surface area is 148 Å². The maximum atomic E-state index is 5.01. The number of benzene rings is 1. The number of rotatable bonds is 6. The van der Waals surface area contributed by atoms with Crippen LogP contribution >= 0.6 is 24.0 Å².